The zero-order valence-corrected chi connectivity index (χ0v) is 13.4. The van der Waals surface area contributed by atoms with Gasteiger partial charge in [-0.3, -0.25) is 0 Å². The van der Waals surface area contributed by atoms with Crippen molar-refractivity contribution in [3.05, 3.63) is 0 Å². The third kappa shape index (κ3) is 11.1. The lowest BCUT2D eigenvalue weighted by Gasteiger charge is -2.04. The number of ether oxygens (including phenoxy) is 4. The molecule has 2 saturated heterocycles. The first-order valence-electron chi connectivity index (χ1n) is 8.84. The molecule has 2 aliphatic heterocycles. The Hall–Kier alpha value is -0.160. The van der Waals surface area contributed by atoms with Crippen molar-refractivity contribution in [3.8, 4) is 0 Å². The molecule has 124 valence electrons. The van der Waals surface area contributed by atoms with Gasteiger partial charge in [0.05, 0.1) is 26.4 Å². The largest absolute Gasteiger partial charge is 0.379 e. The molecule has 2 fully saturated rings. The molecule has 2 rings (SSSR count). The molecule has 0 aromatic heterocycles. The lowest BCUT2D eigenvalue weighted by atomic mass is 10.1. The molecule has 0 bridgehead atoms. The van der Waals surface area contributed by atoms with Gasteiger partial charge in [-0.1, -0.05) is 44.9 Å². The zero-order valence-electron chi connectivity index (χ0n) is 13.4. The van der Waals surface area contributed by atoms with E-state index < -0.39 is 0 Å². The van der Waals surface area contributed by atoms with Crippen LogP contribution in [-0.4, -0.2) is 51.8 Å². The lowest BCUT2D eigenvalue weighted by molar-refractivity contribution is 0.112. The van der Waals surface area contributed by atoms with E-state index >= 15 is 0 Å². The summed E-state index contributed by atoms with van der Waals surface area (Å²) in [6.45, 7) is 5.23. The van der Waals surface area contributed by atoms with Crippen LogP contribution in [0.5, 0.6) is 0 Å². The number of hydrogen-bond donors (Lipinski definition) is 0. The van der Waals surface area contributed by atoms with E-state index in [9.17, 15) is 0 Å². The molecule has 2 aliphatic rings. The van der Waals surface area contributed by atoms with Crippen molar-refractivity contribution in [2.45, 2.75) is 70.0 Å². The minimum Gasteiger partial charge on any atom is -0.379 e. The SMILES string of the molecule is C(CCCCCOCC1CO1)CCCCCOCC1CO1. The second-order valence-electron chi connectivity index (χ2n) is 6.24. The van der Waals surface area contributed by atoms with E-state index in [1.54, 1.807) is 0 Å². The molecule has 0 spiro atoms. The standard InChI is InChI=1S/C17H32O4/c1(2-4-6-8-10-18-12-16-14-20-16)3-5-7-9-11-19-13-17-15-21-17/h16-17H,1-15H2. The summed E-state index contributed by atoms with van der Waals surface area (Å²) in [6.07, 6.45) is 12.7. The van der Waals surface area contributed by atoms with Crippen LogP contribution >= 0.6 is 0 Å². The molecule has 2 unspecified atom stereocenters. The highest BCUT2D eigenvalue weighted by Crippen LogP contribution is 2.12. The minimum absolute atomic E-state index is 0.414. The van der Waals surface area contributed by atoms with E-state index in [1.165, 1.54) is 57.8 Å². The van der Waals surface area contributed by atoms with Gasteiger partial charge in [-0.05, 0) is 12.8 Å². The predicted molar refractivity (Wildman–Crippen MR) is 82.7 cm³/mol. The third-order valence-corrected chi connectivity index (χ3v) is 3.99. The highest BCUT2D eigenvalue weighted by molar-refractivity contribution is 4.67. The van der Waals surface area contributed by atoms with Gasteiger partial charge in [0, 0.05) is 13.2 Å². The Balaban J connectivity index is 1.16. The van der Waals surface area contributed by atoms with Crippen LogP contribution in [0.15, 0.2) is 0 Å². The van der Waals surface area contributed by atoms with Crippen LogP contribution in [0.25, 0.3) is 0 Å². The number of rotatable bonds is 16. The van der Waals surface area contributed by atoms with Crippen LogP contribution in [0.4, 0.5) is 0 Å². The van der Waals surface area contributed by atoms with Gasteiger partial charge in [-0.15, -0.1) is 0 Å². The Morgan fingerprint density at radius 1 is 0.571 bits per heavy atom. The first kappa shape index (κ1) is 17.2. The van der Waals surface area contributed by atoms with Crippen molar-refractivity contribution in [3.63, 3.8) is 0 Å². The second-order valence-corrected chi connectivity index (χ2v) is 6.24. The van der Waals surface area contributed by atoms with E-state index in [0.29, 0.717) is 12.2 Å². The maximum atomic E-state index is 5.52. The maximum Gasteiger partial charge on any atom is 0.104 e. The summed E-state index contributed by atoms with van der Waals surface area (Å²) >= 11 is 0. The maximum absolute atomic E-state index is 5.52. The molecule has 2 heterocycles. The van der Waals surface area contributed by atoms with Gasteiger partial charge in [0.1, 0.15) is 12.2 Å². The smallest absolute Gasteiger partial charge is 0.104 e. The van der Waals surface area contributed by atoms with Crippen molar-refractivity contribution in [2.75, 3.05) is 39.6 Å². The van der Waals surface area contributed by atoms with Crippen molar-refractivity contribution in [1.82, 2.24) is 0 Å². The molecule has 0 aromatic carbocycles. The monoisotopic (exact) mass is 300 g/mol. The molecule has 4 nitrogen and oxygen atoms in total. The Bertz CT molecular complexity index is 215. The fraction of sp³-hybridized carbons (Fsp3) is 1.00. The van der Waals surface area contributed by atoms with Gasteiger partial charge in [0.15, 0.2) is 0 Å². The van der Waals surface area contributed by atoms with E-state index in [0.717, 1.165) is 39.6 Å². The summed E-state index contributed by atoms with van der Waals surface area (Å²) in [7, 11) is 0. The summed E-state index contributed by atoms with van der Waals surface area (Å²) in [4.78, 5) is 0. The first-order chi connectivity index (χ1) is 10.4. The van der Waals surface area contributed by atoms with Gasteiger partial charge < -0.3 is 18.9 Å². The minimum atomic E-state index is 0.414. The summed E-state index contributed by atoms with van der Waals surface area (Å²) < 4.78 is 21.2. The molecular formula is C17H32O4. The van der Waals surface area contributed by atoms with Gasteiger partial charge in [0.2, 0.25) is 0 Å². The highest BCUT2D eigenvalue weighted by atomic mass is 16.6. The zero-order chi connectivity index (χ0) is 14.6. The van der Waals surface area contributed by atoms with Crippen molar-refractivity contribution >= 4 is 0 Å². The summed E-state index contributed by atoms with van der Waals surface area (Å²) in [5.41, 5.74) is 0. The number of unbranched alkanes of at least 4 members (excludes halogenated alkanes) is 8. The number of epoxide rings is 2. The van der Waals surface area contributed by atoms with E-state index in [-0.39, 0.29) is 0 Å². The second kappa shape index (κ2) is 11.4. The highest BCUT2D eigenvalue weighted by Gasteiger charge is 2.22. The molecule has 0 aliphatic carbocycles. The van der Waals surface area contributed by atoms with Crippen LogP contribution < -0.4 is 0 Å². The fourth-order valence-corrected chi connectivity index (χ4v) is 2.40. The molecule has 0 amide bonds. The number of hydrogen-bond acceptors (Lipinski definition) is 4. The Labute approximate surface area is 129 Å². The van der Waals surface area contributed by atoms with Crippen LogP contribution in [0.3, 0.4) is 0 Å². The Kier molecular flexibility index (Phi) is 9.35. The van der Waals surface area contributed by atoms with Crippen LogP contribution in [0.1, 0.15) is 57.8 Å². The predicted octanol–water partition coefficient (Wildman–Crippen LogP) is 3.33. The quantitative estimate of drug-likeness (QED) is 0.324. The summed E-state index contributed by atoms with van der Waals surface area (Å²) in [6, 6.07) is 0. The normalized spacial score (nSPS) is 23.4. The van der Waals surface area contributed by atoms with Gasteiger partial charge in [-0.2, -0.15) is 0 Å². The average Bonchev–Trinajstić information content (AvgIpc) is 3.37. The van der Waals surface area contributed by atoms with Crippen LogP contribution in [0, 0.1) is 0 Å². The molecule has 0 radical (unpaired) electrons. The van der Waals surface area contributed by atoms with E-state index in [4.69, 9.17) is 18.9 Å². The summed E-state index contributed by atoms with van der Waals surface area (Å²) in [5.74, 6) is 0. The molecule has 4 heteroatoms. The van der Waals surface area contributed by atoms with Gasteiger partial charge in [-0.25, -0.2) is 0 Å². The van der Waals surface area contributed by atoms with Crippen LogP contribution in [0.2, 0.25) is 0 Å². The van der Waals surface area contributed by atoms with Gasteiger partial charge >= 0.3 is 0 Å². The topological polar surface area (TPSA) is 43.5 Å². The molecule has 0 saturated carbocycles. The lowest BCUT2D eigenvalue weighted by Crippen LogP contribution is -2.02. The Morgan fingerprint density at radius 3 is 1.24 bits per heavy atom. The van der Waals surface area contributed by atoms with Crippen molar-refractivity contribution in [1.29, 1.82) is 0 Å². The molecule has 21 heavy (non-hydrogen) atoms. The Morgan fingerprint density at radius 2 is 0.905 bits per heavy atom. The average molecular weight is 300 g/mol. The van der Waals surface area contributed by atoms with E-state index in [2.05, 4.69) is 0 Å². The molecular weight excluding hydrogens is 268 g/mol. The first-order valence-corrected chi connectivity index (χ1v) is 8.84. The van der Waals surface area contributed by atoms with Crippen molar-refractivity contribution < 1.29 is 18.9 Å². The summed E-state index contributed by atoms with van der Waals surface area (Å²) in [5, 5.41) is 0. The molecule has 0 N–H and O–H groups in total. The fourth-order valence-electron chi connectivity index (χ4n) is 2.40. The van der Waals surface area contributed by atoms with Crippen molar-refractivity contribution in [2.24, 2.45) is 0 Å². The van der Waals surface area contributed by atoms with Crippen LogP contribution in [-0.2, 0) is 18.9 Å². The third-order valence-electron chi connectivity index (χ3n) is 3.99. The van der Waals surface area contributed by atoms with Gasteiger partial charge in [0.25, 0.3) is 0 Å². The molecule has 0 aromatic rings. The van der Waals surface area contributed by atoms with E-state index in [1.807, 2.05) is 0 Å². The molecule has 2 atom stereocenters.